The van der Waals surface area contributed by atoms with Gasteiger partial charge in [-0.3, -0.25) is 14.3 Å². The van der Waals surface area contributed by atoms with Crippen LogP contribution < -0.4 is 10.1 Å². The zero-order valence-corrected chi connectivity index (χ0v) is 20.2. The summed E-state index contributed by atoms with van der Waals surface area (Å²) in [4.78, 5) is 32.4. The van der Waals surface area contributed by atoms with Crippen molar-refractivity contribution in [2.24, 2.45) is 0 Å². The Morgan fingerprint density at radius 1 is 1.29 bits per heavy atom. The summed E-state index contributed by atoms with van der Waals surface area (Å²) in [6, 6.07) is 10.8. The lowest BCUT2D eigenvalue weighted by Gasteiger charge is -2.14. The zero-order valence-electron chi connectivity index (χ0n) is 19.4. The zero-order chi connectivity index (χ0) is 24.5. The Labute approximate surface area is 206 Å². The molecule has 0 bridgehead atoms. The molecule has 1 aliphatic heterocycles. The van der Waals surface area contributed by atoms with Gasteiger partial charge >= 0.3 is 6.03 Å². The number of fused-ring (bicyclic) bond motifs is 2. The van der Waals surface area contributed by atoms with Gasteiger partial charge in [0, 0.05) is 43.5 Å². The topological polar surface area (TPSA) is 85.7 Å². The molecular formula is C26H24N4O4S. The van der Waals surface area contributed by atoms with Crippen molar-refractivity contribution in [1.82, 2.24) is 19.8 Å². The van der Waals surface area contributed by atoms with Gasteiger partial charge < -0.3 is 19.7 Å². The highest BCUT2D eigenvalue weighted by molar-refractivity contribution is 7.21. The maximum atomic E-state index is 13.0. The third-order valence-electron chi connectivity index (χ3n) is 6.08. The Kier molecular flexibility index (Phi) is 6.16. The monoisotopic (exact) mass is 488 g/mol. The summed E-state index contributed by atoms with van der Waals surface area (Å²) in [7, 11) is 1.67. The molecule has 0 saturated carbocycles. The van der Waals surface area contributed by atoms with E-state index in [0.717, 1.165) is 27.7 Å². The van der Waals surface area contributed by atoms with Gasteiger partial charge in [0.05, 0.1) is 33.3 Å². The van der Waals surface area contributed by atoms with Crippen LogP contribution in [-0.2, 0) is 4.74 Å². The summed E-state index contributed by atoms with van der Waals surface area (Å²) in [5.41, 5.74) is 2.26. The maximum Gasteiger partial charge on any atom is 0.327 e. The number of aromatic nitrogens is 2. The molecule has 3 aromatic heterocycles. The molecule has 178 valence electrons. The van der Waals surface area contributed by atoms with E-state index < -0.39 is 0 Å². The lowest BCUT2D eigenvalue weighted by molar-refractivity contribution is 0.0728. The SMILES string of the molecule is C#CCNC(=O)n1c(C)cc2cc(Oc3ccnc4cc(C(=O)N5CC[C@@H](OC)C5)sc34)ccc21. The molecule has 35 heavy (non-hydrogen) atoms. The number of nitrogens with one attached hydrogen (secondary N) is 1. The summed E-state index contributed by atoms with van der Waals surface area (Å²) in [5, 5.41) is 3.56. The number of pyridine rings is 1. The fraction of sp³-hybridized carbons (Fsp3) is 0.269. The lowest BCUT2D eigenvalue weighted by Crippen LogP contribution is -2.29. The van der Waals surface area contributed by atoms with Crippen LogP contribution in [-0.4, -0.2) is 59.2 Å². The Bertz CT molecular complexity index is 1480. The van der Waals surface area contributed by atoms with Crippen LogP contribution in [0.5, 0.6) is 11.5 Å². The number of thiophene rings is 1. The molecule has 1 saturated heterocycles. The average Bonchev–Trinajstić information content (AvgIpc) is 3.58. The first-order valence-electron chi connectivity index (χ1n) is 11.2. The van der Waals surface area contributed by atoms with Crippen LogP contribution in [0.1, 0.15) is 21.8 Å². The van der Waals surface area contributed by atoms with Crippen molar-refractivity contribution in [1.29, 1.82) is 0 Å². The molecule has 9 heteroatoms. The van der Waals surface area contributed by atoms with Gasteiger partial charge in [-0.05, 0) is 43.7 Å². The molecule has 2 amide bonds. The van der Waals surface area contributed by atoms with Crippen LogP contribution in [0.3, 0.4) is 0 Å². The normalized spacial score (nSPS) is 15.5. The van der Waals surface area contributed by atoms with Crippen LogP contribution >= 0.6 is 11.3 Å². The number of carbonyl (C=O) groups is 2. The van der Waals surface area contributed by atoms with E-state index in [0.29, 0.717) is 35.0 Å². The highest BCUT2D eigenvalue weighted by Gasteiger charge is 2.28. The first-order valence-corrected chi connectivity index (χ1v) is 12.0. The number of aryl methyl sites for hydroxylation is 1. The van der Waals surface area contributed by atoms with E-state index in [9.17, 15) is 9.59 Å². The minimum atomic E-state index is -0.273. The third-order valence-corrected chi connectivity index (χ3v) is 7.21. The van der Waals surface area contributed by atoms with E-state index in [1.807, 2.05) is 42.2 Å². The van der Waals surface area contributed by atoms with Gasteiger partial charge in [0.25, 0.3) is 5.91 Å². The molecular weight excluding hydrogens is 464 g/mol. The Morgan fingerprint density at radius 2 is 2.14 bits per heavy atom. The first-order chi connectivity index (χ1) is 17.0. The number of carbonyl (C=O) groups excluding carboxylic acids is 2. The number of amides is 2. The van der Waals surface area contributed by atoms with Gasteiger partial charge in [-0.25, -0.2) is 4.79 Å². The van der Waals surface area contributed by atoms with E-state index in [4.69, 9.17) is 15.9 Å². The molecule has 1 atom stereocenters. The van der Waals surface area contributed by atoms with E-state index in [-0.39, 0.29) is 24.6 Å². The molecule has 8 nitrogen and oxygen atoms in total. The molecule has 1 aliphatic rings. The van der Waals surface area contributed by atoms with Crippen molar-refractivity contribution in [3.05, 3.63) is 53.2 Å². The van der Waals surface area contributed by atoms with Crippen LogP contribution in [0.15, 0.2) is 42.6 Å². The molecule has 4 aromatic rings. The molecule has 1 aromatic carbocycles. The van der Waals surface area contributed by atoms with Crippen molar-refractivity contribution in [2.45, 2.75) is 19.4 Å². The number of ether oxygens (including phenoxy) is 2. The summed E-state index contributed by atoms with van der Waals surface area (Å²) >= 11 is 1.38. The molecule has 5 rings (SSSR count). The fourth-order valence-electron chi connectivity index (χ4n) is 4.36. The number of likely N-dealkylation sites (tertiary alicyclic amines) is 1. The van der Waals surface area contributed by atoms with Crippen molar-refractivity contribution in [3.63, 3.8) is 0 Å². The summed E-state index contributed by atoms with van der Waals surface area (Å²) in [6.07, 6.45) is 7.85. The molecule has 0 unspecified atom stereocenters. The van der Waals surface area contributed by atoms with Gasteiger partial charge in [0.2, 0.25) is 0 Å². The van der Waals surface area contributed by atoms with E-state index in [1.54, 1.807) is 23.9 Å². The number of hydrogen-bond donors (Lipinski definition) is 1. The molecule has 0 aliphatic carbocycles. The van der Waals surface area contributed by atoms with Crippen LogP contribution in [0, 0.1) is 19.3 Å². The molecule has 0 spiro atoms. The smallest absolute Gasteiger partial charge is 0.327 e. The van der Waals surface area contributed by atoms with E-state index in [2.05, 4.69) is 16.2 Å². The Morgan fingerprint density at radius 3 is 2.91 bits per heavy atom. The van der Waals surface area contributed by atoms with Gasteiger partial charge in [-0.15, -0.1) is 17.8 Å². The predicted molar refractivity (Wildman–Crippen MR) is 135 cm³/mol. The summed E-state index contributed by atoms with van der Waals surface area (Å²) < 4.78 is 14.0. The molecule has 1 N–H and O–H groups in total. The Balaban J connectivity index is 1.41. The average molecular weight is 489 g/mol. The van der Waals surface area contributed by atoms with Crippen molar-refractivity contribution in [2.75, 3.05) is 26.7 Å². The number of rotatable bonds is 5. The number of methoxy groups -OCH3 is 1. The second-order valence-electron chi connectivity index (χ2n) is 8.34. The highest BCUT2D eigenvalue weighted by Crippen LogP contribution is 2.36. The molecule has 0 radical (unpaired) electrons. The largest absolute Gasteiger partial charge is 0.456 e. The molecule has 1 fully saturated rings. The second kappa shape index (κ2) is 9.41. The quantitative estimate of drug-likeness (QED) is 0.421. The fourth-order valence-corrected chi connectivity index (χ4v) is 5.39. The third kappa shape index (κ3) is 4.34. The summed E-state index contributed by atoms with van der Waals surface area (Å²) in [6.45, 7) is 3.30. The second-order valence-corrected chi connectivity index (χ2v) is 9.39. The van der Waals surface area contributed by atoms with Gasteiger partial charge in [-0.1, -0.05) is 5.92 Å². The standard InChI is InChI=1S/C26H24N4O4S/c1-4-9-28-26(32)30-16(2)12-17-13-18(5-6-21(17)30)34-22-7-10-27-20-14-23(35-24(20)22)25(31)29-11-8-19(15-29)33-3/h1,5-7,10,12-14,19H,8-9,11,15H2,2-3H3,(H,28,32)/t19-/m1/s1. The van der Waals surface area contributed by atoms with Gasteiger partial charge in [-0.2, -0.15) is 0 Å². The van der Waals surface area contributed by atoms with Crippen molar-refractivity contribution in [3.8, 4) is 23.8 Å². The van der Waals surface area contributed by atoms with E-state index in [1.165, 1.54) is 11.3 Å². The highest BCUT2D eigenvalue weighted by atomic mass is 32.1. The van der Waals surface area contributed by atoms with Crippen LogP contribution in [0.2, 0.25) is 0 Å². The molecule has 4 heterocycles. The number of terminal acetylenes is 1. The lowest BCUT2D eigenvalue weighted by atomic mass is 10.2. The minimum absolute atomic E-state index is 0.0140. The van der Waals surface area contributed by atoms with Crippen LogP contribution in [0.25, 0.3) is 21.1 Å². The first kappa shape index (κ1) is 22.9. The minimum Gasteiger partial charge on any atom is -0.456 e. The summed E-state index contributed by atoms with van der Waals surface area (Å²) in [5.74, 6) is 3.64. The Hall–Kier alpha value is -3.87. The van der Waals surface area contributed by atoms with Crippen LogP contribution in [0.4, 0.5) is 4.79 Å². The van der Waals surface area contributed by atoms with Crippen molar-refractivity contribution < 1.29 is 19.1 Å². The van der Waals surface area contributed by atoms with Gasteiger partial charge in [0.15, 0.2) is 0 Å². The maximum absolute atomic E-state index is 13.0. The number of nitrogens with zero attached hydrogens (tertiary/aromatic N) is 3. The number of benzene rings is 1. The number of hydrogen-bond acceptors (Lipinski definition) is 6. The van der Waals surface area contributed by atoms with E-state index >= 15 is 0 Å². The van der Waals surface area contributed by atoms with Gasteiger partial charge in [0.1, 0.15) is 11.5 Å². The van der Waals surface area contributed by atoms with Crippen molar-refractivity contribution >= 4 is 44.4 Å². The predicted octanol–water partition coefficient (Wildman–Crippen LogP) is 4.40.